The summed E-state index contributed by atoms with van der Waals surface area (Å²) in [5.41, 5.74) is 2.72. The Morgan fingerprint density at radius 2 is 1.94 bits per heavy atom. The number of aromatic nitrogens is 4. The number of rotatable bonds is 6. The molecule has 3 aromatic heterocycles. The summed E-state index contributed by atoms with van der Waals surface area (Å²) < 4.78 is 14.4. The zero-order valence-electron chi connectivity index (χ0n) is 17.2. The van der Waals surface area contributed by atoms with Gasteiger partial charge in [0.15, 0.2) is 5.65 Å². The lowest BCUT2D eigenvalue weighted by Gasteiger charge is -2.22. The highest BCUT2D eigenvalue weighted by Gasteiger charge is 2.22. The van der Waals surface area contributed by atoms with Crippen LogP contribution in [0, 0.1) is 11.7 Å². The normalized spacial score (nSPS) is 12.3. The Labute approximate surface area is 178 Å². The van der Waals surface area contributed by atoms with Crippen LogP contribution in [0.15, 0.2) is 65.6 Å². The molecule has 0 bridgehead atoms. The molecule has 0 unspecified atom stereocenters. The highest BCUT2D eigenvalue weighted by atomic mass is 19.1. The van der Waals surface area contributed by atoms with Gasteiger partial charge in [0.05, 0.1) is 29.5 Å². The number of nitrogens with zero attached hydrogens (tertiary/aromatic N) is 3. The van der Waals surface area contributed by atoms with Crippen molar-refractivity contribution in [2.24, 2.45) is 5.92 Å². The van der Waals surface area contributed by atoms with Gasteiger partial charge in [0, 0.05) is 18.3 Å². The molecule has 0 fully saturated rings. The Hall–Kier alpha value is -3.81. The summed E-state index contributed by atoms with van der Waals surface area (Å²) in [7, 11) is 0. The maximum absolute atomic E-state index is 13.1. The topological polar surface area (TPSA) is 92.2 Å². The molecule has 2 N–H and O–H groups in total. The van der Waals surface area contributed by atoms with E-state index in [2.05, 4.69) is 20.4 Å². The van der Waals surface area contributed by atoms with Crippen LogP contribution in [-0.2, 0) is 11.2 Å². The molecule has 0 aliphatic heterocycles. The van der Waals surface area contributed by atoms with Gasteiger partial charge in [0.1, 0.15) is 5.82 Å². The largest absolute Gasteiger partial charge is 0.347 e. The van der Waals surface area contributed by atoms with Crippen molar-refractivity contribution in [3.8, 4) is 11.4 Å². The highest BCUT2D eigenvalue weighted by molar-refractivity contribution is 5.79. The SMILES string of the molecule is CC(C)[C@@H](NC(=O)Cc1ccc(F)cc1)c1cc(=O)n2[nH]c(-c3ccccn3)cc2n1. The van der Waals surface area contributed by atoms with Crippen molar-refractivity contribution >= 4 is 11.6 Å². The summed E-state index contributed by atoms with van der Waals surface area (Å²) in [5.74, 6) is -0.574. The molecule has 1 atom stereocenters. The first-order chi connectivity index (χ1) is 14.9. The van der Waals surface area contributed by atoms with E-state index in [1.807, 2.05) is 32.0 Å². The molecule has 0 radical (unpaired) electrons. The van der Waals surface area contributed by atoms with E-state index in [0.717, 1.165) is 0 Å². The number of carbonyl (C=O) groups excluding carboxylic acids is 1. The standard InChI is InChI=1S/C23H22FN5O2/c1-14(2)23(27-21(30)11-15-6-8-16(24)9-7-15)19-13-22(31)29-20(26-19)12-18(28-29)17-5-3-4-10-25-17/h3-10,12-14,23,28H,11H2,1-2H3,(H,27,30)/t23-/m1/s1. The van der Waals surface area contributed by atoms with E-state index in [0.29, 0.717) is 28.3 Å². The number of hydrogen-bond donors (Lipinski definition) is 2. The number of pyridine rings is 1. The zero-order chi connectivity index (χ0) is 22.0. The number of amides is 1. The Morgan fingerprint density at radius 1 is 1.16 bits per heavy atom. The van der Waals surface area contributed by atoms with E-state index in [4.69, 9.17) is 0 Å². The summed E-state index contributed by atoms with van der Waals surface area (Å²) in [6.07, 6.45) is 1.78. The Bertz CT molecular complexity index is 1260. The van der Waals surface area contributed by atoms with Crippen LogP contribution < -0.4 is 10.9 Å². The van der Waals surface area contributed by atoms with Gasteiger partial charge in [-0.2, -0.15) is 0 Å². The van der Waals surface area contributed by atoms with Crippen molar-refractivity contribution in [3.05, 3.63) is 88.2 Å². The monoisotopic (exact) mass is 419 g/mol. The van der Waals surface area contributed by atoms with Crippen molar-refractivity contribution in [2.45, 2.75) is 26.3 Å². The number of carbonyl (C=O) groups is 1. The minimum atomic E-state index is -0.446. The van der Waals surface area contributed by atoms with Crippen LogP contribution in [-0.4, -0.2) is 25.5 Å². The predicted molar refractivity (Wildman–Crippen MR) is 115 cm³/mol. The minimum absolute atomic E-state index is 0.000667. The lowest BCUT2D eigenvalue weighted by Crippen LogP contribution is -2.34. The predicted octanol–water partition coefficient (Wildman–Crippen LogP) is 3.28. The summed E-state index contributed by atoms with van der Waals surface area (Å²) >= 11 is 0. The highest BCUT2D eigenvalue weighted by Crippen LogP contribution is 2.21. The average Bonchev–Trinajstić information content (AvgIpc) is 3.19. The van der Waals surface area contributed by atoms with Crippen LogP contribution in [0.2, 0.25) is 0 Å². The van der Waals surface area contributed by atoms with Crippen LogP contribution >= 0.6 is 0 Å². The van der Waals surface area contributed by atoms with Gasteiger partial charge in [-0.15, -0.1) is 0 Å². The Balaban J connectivity index is 1.61. The Morgan fingerprint density at radius 3 is 2.61 bits per heavy atom. The van der Waals surface area contributed by atoms with E-state index < -0.39 is 6.04 Å². The third-order valence-corrected chi connectivity index (χ3v) is 4.99. The molecule has 0 saturated carbocycles. The van der Waals surface area contributed by atoms with Crippen molar-refractivity contribution in [1.82, 2.24) is 24.9 Å². The number of hydrogen-bond acceptors (Lipinski definition) is 4. The van der Waals surface area contributed by atoms with Gasteiger partial charge in [0.2, 0.25) is 5.91 Å². The second-order valence-electron chi connectivity index (χ2n) is 7.69. The molecule has 1 amide bonds. The van der Waals surface area contributed by atoms with Crippen LogP contribution in [0.5, 0.6) is 0 Å². The van der Waals surface area contributed by atoms with Gasteiger partial charge in [-0.05, 0) is 35.7 Å². The van der Waals surface area contributed by atoms with E-state index in [1.165, 1.54) is 22.7 Å². The average molecular weight is 419 g/mol. The van der Waals surface area contributed by atoms with Gasteiger partial charge in [-0.1, -0.05) is 32.0 Å². The van der Waals surface area contributed by atoms with Crippen LogP contribution in [0.1, 0.15) is 31.1 Å². The molecular formula is C23H22FN5O2. The molecule has 0 saturated heterocycles. The van der Waals surface area contributed by atoms with Crippen molar-refractivity contribution in [2.75, 3.05) is 0 Å². The fourth-order valence-corrected chi connectivity index (χ4v) is 3.42. The van der Waals surface area contributed by atoms with Crippen LogP contribution in [0.4, 0.5) is 4.39 Å². The van der Waals surface area contributed by atoms with Gasteiger partial charge < -0.3 is 5.32 Å². The maximum Gasteiger partial charge on any atom is 0.272 e. The number of halogens is 1. The molecule has 8 heteroatoms. The summed E-state index contributed by atoms with van der Waals surface area (Å²) in [6.45, 7) is 3.89. The molecule has 7 nitrogen and oxygen atoms in total. The third-order valence-electron chi connectivity index (χ3n) is 4.99. The van der Waals surface area contributed by atoms with Crippen LogP contribution in [0.25, 0.3) is 17.0 Å². The number of aromatic amines is 1. The van der Waals surface area contributed by atoms with Gasteiger partial charge in [-0.25, -0.2) is 13.9 Å². The van der Waals surface area contributed by atoms with Crippen LogP contribution in [0.3, 0.4) is 0 Å². The molecule has 3 heterocycles. The number of H-pyrrole nitrogens is 1. The summed E-state index contributed by atoms with van der Waals surface area (Å²) in [4.78, 5) is 34.2. The summed E-state index contributed by atoms with van der Waals surface area (Å²) in [6, 6.07) is 14.1. The van der Waals surface area contributed by atoms with E-state index in [9.17, 15) is 14.0 Å². The first-order valence-corrected chi connectivity index (χ1v) is 9.98. The molecule has 4 aromatic rings. The minimum Gasteiger partial charge on any atom is -0.347 e. The van der Waals surface area contributed by atoms with Crippen molar-refractivity contribution < 1.29 is 9.18 Å². The fourth-order valence-electron chi connectivity index (χ4n) is 3.42. The second kappa shape index (κ2) is 8.51. The van der Waals surface area contributed by atoms with Gasteiger partial charge in [-0.3, -0.25) is 19.7 Å². The number of fused-ring (bicyclic) bond motifs is 1. The van der Waals surface area contributed by atoms with E-state index in [-0.39, 0.29) is 29.6 Å². The Kier molecular flexibility index (Phi) is 5.62. The smallest absolute Gasteiger partial charge is 0.272 e. The second-order valence-corrected chi connectivity index (χ2v) is 7.69. The number of benzene rings is 1. The zero-order valence-corrected chi connectivity index (χ0v) is 17.2. The third kappa shape index (κ3) is 4.53. The molecule has 158 valence electrons. The first-order valence-electron chi connectivity index (χ1n) is 9.98. The lowest BCUT2D eigenvalue weighted by atomic mass is 10.00. The molecule has 0 aliphatic rings. The van der Waals surface area contributed by atoms with Crippen molar-refractivity contribution in [1.29, 1.82) is 0 Å². The fraction of sp³-hybridized carbons (Fsp3) is 0.217. The molecule has 0 spiro atoms. The molecular weight excluding hydrogens is 397 g/mol. The maximum atomic E-state index is 13.1. The molecule has 1 aromatic carbocycles. The molecule has 0 aliphatic carbocycles. The lowest BCUT2D eigenvalue weighted by molar-refractivity contribution is -0.121. The first kappa shape index (κ1) is 20.5. The number of nitrogens with one attached hydrogen (secondary N) is 2. The van der Waals surface area contributed by atoms with Gasteiger partial charge in [0.25, 0.3) is 5.56 Å². The van der Waals surface area contributed by atoms with Gasteiger partial charge >= 0.3 is 0 Å². The van der Waals surface area contributed by atoms with Crippen molar-refractivity contribution in [3.63, 3.8) is 0 Å². The summed E-state index contributed by atoms with van der Waals surface area (Å²) in [5, 5.41) is 5.98. The molecule has 4 rings (SSSR count). The van der Waals surface area contributed by atoms with E-state index in [1.54, 1.807) is 24.4 Å². The quantitative estimate of drug-likeness (QED) is 0.502. The molecule has 31 heavy (non-hydrogen) atoms. The van der Waals surface area contributed by atoms with E-state index >= 15 is 0 Å².